The zero-order chi connectivity index (χ0) is 29.8. The third-order valence-corrected chi connectivity index (χ3v) is 7.61. The maximum absolute atomic E-state index is 14.1. The zero-order valence-corrected chi connectivity index (χ0v) is 24.9. The molecule has 0 saturated heterocycles. The first-order chi connectivity index (χ1) is 20.3. The second-order valence-electron chi connectivity index (χ2n) is 9.79. The van der Waals surface area contributed by atoms with Gasteiger partial charge in [-0.05, 0) is 62.2 Å². The van der Waals surface area contributed by atoms with E-state index in [-0.39, 0.29) is 23.8 Å². The summed E-state index contributed by atoms with van der Waals surface area (Å²) in [5, 5.41) is 0. The number of hydrogen-bond donors (Lipinski definition) is 0. The molecule has 1 aliphatic heterocycles. The summed E-state index contributed by atoms with van der Waals surface area (Å²) in [6.45, 7) is 5.84. The minimum Gasteiger partial charge on any atom is -0.493 e. The lowest BCUT2D eigenvalue weighted by Gasteiger charge is -2.26. The van der Waals surface area contributed by atoms with E-state index in [1.54, 1.807) is 37.8 Å². The smallest absolute Gasteiger partial charge is 0.338 e. The molecule has 0 aliphatic carbocycles. The van der Waals surface area contributed by atoms with Gasteiger partial charge in [0.1, 0.15) is 5.75 Å². The van der Waals surface area contributed by atoms with Gasteiger partial charge in [0.2, 0.25) is 0 Å². The monoisotopic (exact) mass is 584 g/mol. The standard InChI is InChI=1S/C33H32N2O6S/c1-6-40-32(37)28-29(22-12-8-7-9-13-22)34-33-35(30(28)23-15-16-25(38-4)26(19-23)39-5)31(36)27(42-33)18-21-11-10-14-24(17-21)41-20(2)3/h7-20,30H,6H2,1-5H3/b27-18-/t30-/m1/s1. The maximum Gasteiger partial charge on any atom is 0.338 e. The molecular formula is C33H32N2O6S. The number of carbonyl (C=O) groups excluding carboxylic acids is 1. The van der Waals surface area contributed by atoms with Gasteiger partial charge in [-0.25, -0.2) is 9.79 Å². The van der Waals surface area contributed by atoms with Crippen LogP contribution in [0.25, 0.3) is 11.8 Å². The van der Waals surface area contributed by atoms with Crippen LogP contribution in [0.4, 0.5) is 0 Å². The van der Waals surface area contributed by atoms with Crippen LogP contribution in [0.5, 0.6) is 17.2 Å². The van der Waals surface area contributed by atoms with Crippen LogP contribution in [0.3, 0.4) is 0 Å². The highest BCUT2D eigenvalue weighted by atomic mass is 32.1. The lowest BCUT2D eigenvalue weighted by Crippen LogP contribution is -2.40. The maximum atomic E-state index is 14.1. The molecule has 0 fully saturated rings. The predicted octanol–water partition coefficient (Wildman–Crippen LogP) is 4.74. The second kappa shape index (κ2) is 12.5. The van der Waals surface area contributed by atoms with Crippen molar-refractivity contribution in [1.29, 1.82) is 0 Å². The van der Waals surface area contributed by atoms with Crippen molar-refractivity contribution in [2.75, 3.05) is 20.8 Å². The van der Waals surface area contributed by atoms with Crippen LogP contribution in [-0.2, 0) is 9.53 Å². The molecule has 3 aromatic carbocycles. The third-order valence-electron chi connectivity index (χ3n) is 6.62. The van der Waals surface area contributed by atoms with Gasteiger partial charge in [0.15, 0.2) is 16.3 Å². The highest BCUT2D eigenvalue weighted by Gasteiger charge is 2.35. The zero-order valence-electron chi connectivity index (χ0n) is 24.1. The van der Waals surface area contributed by atoms with Crippen molar-refractivity contribution in [2.45, 2.75) is 32.9 Å². The first-order valence-corrected chi connectivity index (χ1v) is 14.4. The van der Waals surface area contributed by atoms with Crippen LogP contribution < -0.4 is 29.1 Å². The number of carbonyl (C=O) groups is 1. The van der Waals surface area contributed by atoms with Crippen LogP contribution in [0.15, 0.2) is 88.2 Å². The number of aromatic nitrogens is 1. The Kier molecular flexibility index (Phi) is 8.59. The van der Waals surface area contributed by atoms with Gasteiger partial charge in [0.25, 0.3) is 5.56 Å². The summed E-state index contributed by atoms with van der Waals surface area (Å²) >= 11 is 1.26. The molecule has 1 aliphatic rings. The molecule has 0 bridgehead atoms. The van der Waals surface area contributed by atoms with Crippen LogP contribution in [0.1, 0.15) is 43.5 Å². The van der Waals surface area contributed by atoms with Crippen LogP contribution in [0.2, 0.25) is 0 Å². The second-order valence-corrected chi connectivity index (χ2v) is 10.8. The molecule has 4 aromatic rings. The first kappa shape index (κ1) is 28.9. The molecule has 5 rings (SSSR count). The van der Waals surface area contributed by atoms with E-state index >= 15 is 0 Å². The van der Waals surface area contributed by atoms with Crippen LogP contribution in [-0.4, -0.2) is 37.5 Å². The summed E-state index contributed by atoms with van der Waals surface area (Å²) in [7, 11) is 3.10. The summed E-state index contributed by atoms with van der Waals surface area (Å²) < 4.78 is 24.5. The molecule has 0 unspecified atom stereocenters. The fraction of sp³-hybridized carbons (Fsp3) is 0.242. The summed E-state index contributed by atoms with van der Waals surface area (Å²) in [5.41, 5.74) is 2.65. The first-order valence-electron chi connectivity index (χ1n) is 13.6. The molecule has 1 aromatic heterocycles. The Morgan fingerprint density at radius 3 is 2.45 bits per heavy atom. The molecule has 9 heteroatoms. The highest BCUT2D eigenvalue weighted by molar-refractivity contribution is 7.07. The Morgan fingerprint density at radius 2 is 1.76 bits per heavy atom. The number of esters is 1. The van der Waals surface area contributed by atoms with E-state index in [0.29, 0.717) is 37.8 Å². The topological polar surface area (TPSA) is 88.4 Å². The average molecular weight is 585 g/mol. The van der Waals surface area contributed by atoms with Crippen molar-refractivity contribution < 1.29 is 23.7 Å². The van der Waals surface area contributed by atoms with E-state index < -0.39 is 12.0 Å². The molecule has 2 heterocycles. The number of rotatable bonds is 9. The van der Waals surface area contributed by atoms with Gasteiger partial charge in [-0.15, -0.1) is 0 Å². The molecule has 42 heavy (non-hydrogen) atoms. The lowest BCUT2D eigenvalue weighted by molar-refractivity contribution is -0.138. The highest BCUT2D eigenvalue weighted by Crippen LogP contribution is 2.38. The summed E-state index contributed by atoms with van der Waals surface area (Å²) in [6, 6.07) is 21.5. The number of ether oxygens (including phenoxy) is 4. The Bertz CT molecular complexity index is 1820. The van der Waals surface area contributed by atoms with Crippen molar-refractivity contribution in [3.05, 3.63) is 115 Å². The number of nitrogens with zero attached hydrogens (tertiary/aromatic N) is 2. The Morgan fingerprint density at radius 1 is 1.00 bits per heavy atom. The number of thiazole rings is 1. The average Bonchev–Trinajstić information content (AvgIpc) is 3.30. The van der Waals surface area contributed by atoms with Gasteiger partial charge < -0.3 is 18.9 Å². The number of benzene rings is 3. The van der Waals surface area contributed by atoms with Crippen molar-refractivity contribution in [1.82, 2.24) is 4.57 Å². The van der Waals surface area contributed by atoms with Gasteiger partial charge in [0.05, 0.1) is 48.8 Å². The molecule has 216 valence electrons. The Hall–Kier alpha value is -4.63. The van der Waals surface area contributed by atoms with Gasteiger partial charge >= 0.3 is 5.97 Å². The van der Waals surface area contributed by atoms with E-state index in [1.165, 1.54) is 11.3 Å². The molecule has 0 amide bonds. The molecule has 8 nitrogen and oxygen atoms in total. The third kappa shape index (κ3) is 5.73. The largest absolute Gasteiger partial charge is 0.493 e. The fourth-order valence-corrected chi connectivity index (χ4v) is 5.88. The van der Waals surface area contributed by atoms with Crippen molar-refractivity contribution in [2.24, 2.45) is 4.99 Å². The van der Waals surface area contributed by atoms with Gasteiger partial charge in [-0.1, -0.05) is 59.9 Å². The summed E-state index contributed by atoms with van der Waals surface area (Å²) in [5.74, 6) is 1.17. The summed E-state index contributed by atoms with van der Waals surface area (Å²) in [6.07, 6.45) is 1.84. The number of hydrogen-bond acceptors (Lipinski definition) is 8. The fourth-order valence-electron chi connectivity index (χ4n) is 4.88. The minimum absolute atomic E-state index is 0.0183. The molecule has 1 atom stereocenters. The quantitative estimate of drug-likeness (QED) is 0.264. The SMILES string of the molecule is CCOC(=O)C1=C(c2ccccc2)N=c2s/c(=C\c3cccc(OC(C)C)c3)c(=O)n2[C@@H]1c1ccc(OC)c(OC)c1. The molecule has 0 N–H and O–H groups in total. The van der Waals surface area contributed by atoms with Gasteiger partial charge in [-0.3, -0.25) is 9.36 Å². The normalized spacial score (nSPS) is 14.8. The van der Waals surface area contributed by atoms with Crippen LogP contribution >= 0.6 is 11.3 Å². The minimum atomic E-state index is -0.826. The van der Waals surface area contributed by atoms with Crippen molar-refractivity contribution in [3.63, 3.8) is 0 Å². The predicted molar refractivity (Wildman–Crippen MR) is 163 cm³/mol. The van der Waals surface area contributed by atoms with E-state index in [4.69, 9.17) is 23.9 Å². The van der Waals surface area contributed by atoms with E-state index in [2.05, 4.69) is 0 Å². The molecule has 0 saturated carbocycles. The van der Waals surface area contributed by atoms with E-state index in [1.807, 2.05) is 80.6 Å². The number of methoxy groups -OCH3 is 2. The van der Waals surface area contributed by atoms with Crippen molar-refractivity contribution >= 4 is 29.1 Å². The summed E-state index contributed by atoms with van der Waals surface area (Å²) in [4.78, 5) is 33.1. The molecular weight excluding hydrogens is 552 g/mol. The van der Waals surface area contributed by atoms with Crippen molar-refractivity contribution in [3.8, 4) is 17.2 Å². The van der Waals surface area contributed by atoms with Gasteiger partial charge in [-0.2, -0.15) is 0 Å². The molecule has 0 spiro atoms. The van der Waals surface area contributed by atoms with E-state index in [0.717, 1.165) is 11.1 Å². The van der Waals surface area contributed by atoms with Gasteiger partial charge in [0, 0.05) is 5.56 Å². The molecule has 0 radical (unpaired) electrons. The Balaban J connectivity index is 1.80. The lowest BCUT2D eigenvalue weighted by atomic mass is 9.93. The van der Waals surface area contributed by atoms with Crippen LogP contribution in [0, 0.1) is 0 Å². The van der Waals surface area contributed by atoms with E-state index in [9.17, 15) is 9.59 Å². The number of fused-ring (bicyclic) bond motifs is 1. The Labute approximate surface area is 247 Å².